The van der Waals surface area contributed by atoms with Gasteiger partial charge in [-0.1, -0.05) is 23.2 Å². The van der Waals surface area contributed by atoms with Crippen LogP contribution in [0.4, 0.5) is 17.3 Å². The van der Waals surface area contributed by atoms with Crippen LogP contribution in [0, 0.1) is 6.92 Å². The summed E-state index contributed by atoms with van der Waals surface area (Å²) < 4.78 is 4.99. The minimum atomic E-state index is 0.574. The molecule has 21 heavy (non-hydrogen) atoms. The van der Waals surface area contributed by atoms with Crippen molar-refractivity contribution in [2.24, 2.45) is 0 Å². The molecular weight excluding hydrogens is 311 g/mol. The zero-order chi connectivity index (χ0) is 15.2. The summed E-state index contributed by atoms with van der Waals surface area (Å²) in [6, 6.07) is 7.02. The molecule has 0 saturated carbocycles. The Morgan fingerprint density at radius 1 is 1.14 bits per heavy atom. The molecule has 2 N–H and O–H groups in total. The Balaban J connectivity index is 2.17. The first-order chi connectivity index (χ1) is 10.1. The molecular formula is C14H16Cl2N4O. The molecule has 2 rings (SSSR count). The van der Waals surface area contributed by atoms with Crippen LogP contribution in [0.25, 0.3) is 0 Å². The number of hydrogen-bond donors (Lipinski definition) is 2. The maximum Gasteiger partial charge on any atom is 0.136 e. The number of anilines is 3. The standard InChI is InChI=1S/C14H16Cl2N4O/c1-9-18-13(17-5-6-21-2)8-14(19-9)20-12-7-10(15)3-4-11(12)16/h3-4,7-8H,5-6H2,1-2H3,(H2,17,18,19,20). The molecule has 7 heteroatoms. The highest BCUT2D eigenvalue weighted by Crippen LogP contribution is 2.28. The van der Waals surface area contributed by atoms with E-state index in [2.05, 4.69) is 20.6 Å². The van der Waals surface area contributed by atoms with E-state index in [4.69, 9.17) is 27.9 Å². The van der Waals surface area contributed by atoms with Crippen molar-refractivity contribution in [1.29, 1.82) is 0 Å². The monoisotopic (exact) mass is 326 g/mol. The van der Waals surface area contributed by atoms with Crippen molar-refractivity contribution < 1.29 is 4.74 Å². The molecule has 5 nitrogen and oxygen atoms in total. The van der Waals surface area contributed by atoms with Gasteiger partial charge in [0.2, 0.25) is 0 Å². The molecule has 1 aromatic heterocycles. The van der Waals surface area contributed by atoms with E-state index < -0.39 is 0 Å². The van der Waals surface area contributed by atoms with Crippen molar-refractivity contribution in [2.75, 3.05) is 30.9 Å². The Morgan fingerprint density at radius 3 is 2.67 bits per heavy atom. The molecule has 0 fully saturated rings. The van der Waals surface area contributed by atoms with E-state index >= 15 is 0 Å². The van der Waals surface area contributed by atoms with Crippen LogP contribution >= 0.6 is 23.2 Å². The maximum absolute atomic E-state index is 6.13. The van der Waals surface area contributed by atoms with Gasteiger partial charge in [0.1, 0.15) is 17.5 Å². The average Bonchev–Trinajstić information content (AvgIpc) is 2.43. The fourth-order valence-corrected chi connectivity index (χ4v) is 2.07. The Kier molecular flexibility index (Phi) is 5.61. The highest BCUT2D eigenvalue weighted by atomic mass is 35.5. The van der Waals surface area contributed by atoms with Crippen LogP contribution < -0.4 is 10.6 Å². The van der Waals surface area contributed by atoms with Gasteiger partial charge in [0, 0.05) is 24.7 Å². The number of methoxy groups -OCH3 is 1. The molecule has 0 amide bonds. The molecule has 1 heterocycles. The summed E-state index contributed by atoms with van der Waals surface area (Å²) in [5.41, 5.74) is 0.699. The number of benzene rings is 1. The zero-order valence-corrected chi connectivity index (χ0v) is 13.3. The van der Waals surface area contributed by atoms with E-state index in [1.165, 1.54) is 0 Å². The summed E-state index contributed by atoms with van der Waals surface area (Å²) >= 11 is 12.1. The number of aromatic nitrogens is 2. The first-order valence-corrected chi connectivity index (χ1v) is 7.14. The van der Waals surface area contributed by atoms with Gasteiger partial charge in [-0.15, -0.1) is 0 Å². The van der Waals surface area contributed by atoms with Crippen LogP contribution in [-0.4, -0.2) is 30.2 Å². The average molecular weight is 327 g/mol. The zero-order valence-electron chi connectivity index (χ0n) is 11.8. The minimum Gasteiger partial charge on any atom is -0.383 e. The van der Waals surface area contributed by atoms with Crippen molar-refractivity contribution in [3.05, 3.63) is 40.1 Å². The molecule has 0 atom stereocenters. The molecule has 0 aliphatic carbocycles. The Hall–Kier alpha value is -1.56. The third-order valence-corrected chi connectivity index (χ3v) is 3.21. The van der Waals surface area contributed by atoms with Crippen LogP contribution in [0.15, 0.2) is 24.3 Å². The Morgan fingerprint density at radius 2 is 1.90 bits per heavy atom. The second kappa shape index (κ2) is 7.45. The fraction of sp³-hybridized carbons (Fsp3) is 0.286. The molecule has 0 saturated heterocycles. The quantitative estimate of drug-likeness (QED) is 0.788. The topological polar surface area (TPSA) is 59.1 Å². The first-order valence-electron chi connectivity index (χ1n) is 6.39. The van der Waals surface area contributed by atoms with Crippen LogP contribution in [-0.2, 0) is 4.74 Å². The van der Waals surface area contributed by atoms with Crippen molar-refractivity contribution >= 4 is 40.5 Å². The molecule has 1 aromatic carbocycles. The molecule has 0 aliphatic heterocycles. The number of rotatable bonds is 6. The highest BCUT2D eigenvalue weighted by molar-refractivity contribution is 6.35. The molecule has 0 aliphatic rings. The highest BCUT2D eigenvalue weighted by Gasteiger charge is 2.05. The lowest BCUT2D eigenvalue weighted by Gasteiger charge is -2.11. The number of hydrogen-bond acceptors (Lipinski definition) is 5. The van der Waals surface area contributed by atoms with Crippen molar-refractivity contribution in [3.8, 4) is 0 Å². The van der Waals surface area contributed by atoms with Gasteiger partial charge < -0.3 is 15.4 Å². The lowest BCUT2D eigenvalue weighted by atomic mass is 10.3. The molecule has 112 valence electrons. The summed E-state index contributed by atoms with van der Waals surface area (Å²) in [6.45, 7) is 3.10. The van der Waals surface area contributed by atoms with Gasteiger partial charge in [-0.3, -0.25) is 0 Å². The third-order valence-electron chi connectivity index (χ3n) is 2.64. The lowest BCUT2D eigenvalue weighted by Crippen LogP contribution is -2.10. The van der Waals surface area contributed by atoms with Crippen LogP contribution in [0.2, 0.25) is 10.0 Å². The van der Waals surface area contributed by atoms with Crippen LogP contribution in [0.1, 0.15) is 5.82 Å². The summed E-state index contributed by atoms with van der Waals surface area (Å²) in [6.07, 6.45) is 0. The summed E-state index contributed by atoms with van der Waals surface area (Å²) in [7, 11) is 1.65. The van der Waals surface area contributed by atoms with E-state index in [1.54, 1.807) is 31.4 Å². The molecule has 0 bridgehead atoms. The van der Waals surface area contributed by atoms with Gasteiger partial charge in [-0.2, -0.15) is 0 Å². The third kappa shape index (κ3) is 4.74. The minimum absolute atomic E-state index is 0.574. The summed E-state index contributed by atoms with van der Waals surface area (Å²) in [5.74, 6) is 2.02. The lowest BCUT2D eigenvalue weighted by molar-refractivity contribution is 0.210. The summed E-state index contributed by atoms with van der Waals surface area (Å²) in [4.78, 5) is 8.64. The van der Waals surface area contributed by atoms with E-state index in [-0.39, 0.29) is 0 Å². The van der Waals surface area contributed by atoms with Crippen molar-refractivity contribution in [1.82, 2.24) is 9.97 Å². The van der Waals surface area contributed by atoms with Crippen LogP contribution in [0.3, 0.4) is 0 Å². The van der Waals surface area contributed by atoms with Gasteiger partial charge in [-0.05, 0) is 25.1 Å². The molecule has 2 aromatic rings. The number of ether oxygens (including phenoxy) is 1. The van der Waals surface area contributed by atoms with Gasteiger partial charge in [0.15, 0.2) is 0 Å². The van der Waals surface area contributed by atoms with Crippen LogP contribution in [0.5, 0.6) is 0 Å². The predicted octanol–water partition coefficient (Wildman–Crippen LogP) is 3.89. The van der Waals surface area contributed by atoms with Gasteiger partial charge in [0.05, 0.1) is 17.3 Å². The van der Waals surface area contributed by atoms with Crippen molar-refractivity contribution in [2.45, 2.75) is 6.92 Å². The van der Waals surface area contributed by atoms with Gasteiger partial charge >= 0.3 is 0 Å². The van der Waals surface area contributed by atoms with E-state index in [0.717, 1.165) is 5.82 Å². The van der Waals surface area contributed by atoms with Crippen molar-refractivity contribution in [3.63, 3.8) is 0 Å². The van der Waals surface area contributed by atoms with E-state index in [0.29, 0.717) is 40.5 Å². The predicted molar refractivity (Wildman–Crippen MR) is 86.9 cm³/mol. The molecule has 0 spiro atoms. The Labute approximate surface area is 133 Å². The maximum atomic E-state index is 6.13. The second-order valence-corrected chi connectivity index (χ2v) is 5.20. The summed E-state index contributed by atoms with van der Waals surface area (Å²) in [5, 5.41) is 7.49. The van der Waals surface area contributed by atoms with Gasteiger partial charge in [0.25, 0.3) is 0 Å². The molecule has 0 unspecified atom stereocenters. The normalized spacial score (nSPS) is 10.5. The Bertz CT molecular complexity index is 622. The first kappa shape index (κ1) is 15.8. The number of halogens is 2. The molecule has 0 radical (unpaired) electrons. The smallest absolute Gasteiger partial charge is 0.136 e. The fourth-order valence-electron chi connectivity index (χ4n) is 1.73. The second-order valence-electron chi connectivity index (χ2n) is 4.35. The van der Waals surface area contributed by atoms with Gasteiger partial charge in [-0.25, -0.2) is 9.97 Å². The number of aryl methyl sites for hydroxylation is 1. The van der Waals surface area contributed by atoms with E-state index in [1.807, 2.05) is 6.92 Å². The number of nitrogens with one attached hydrogen (secondary N) is 2. The number of nitrogens with zero attached hydrogens (tertiary/aromatic N) is 2. The van der Waals surface area contributed by atoms with E-state index in [9.17, 15) is 0 Å². The largest absolute Gasteiger partial charge is 0.383 e. The SMILES string of the molecule is COCCNc1cc(Nc2cc(Cl)ccc2Cl)nc(C)n1.